The molecule has 110 valence electrons. The molecule has 1 unspecified atom stereocenters. The molecule has 3 rings (SSSR count). The van der Waals surface area contributed by atoms with E-state index in [4.69, 9.17) is 0 Å². The lowest BCUT2D eigenvalue weighted by Gasteiger charge is -2.35. The monoisotopic (exact) mass is 297 g/mol. The van der Waals surface area contributed by atoms with E-state index >= 15 is 0 Å². The molecule has 1 nitrogen and oxygen atoms in total. The fourth-order valence-corrected chi connectivity index (χ4v) is 3.70. The van der Waals surface area contributed by atoms with Crippen LogP contribution < -0.4 is 5.32 Å². The summed E-state index contributed by atoms with van der Waals surface area (Å²) in [6.07, 6.45) is 4.14. The Bertz CT molecular complexity index is 522. The summed E-state index contributed by atoms with van der Waals surface area (Å²) in [5.41, 5.74) is 1.45. The highest BCUT2D eigenvalue weighted by Crippen LogP contribution is 2.37. The molecule has 0 bridgehead atoms. The average Bonchev–Trinajstić information content (AvgIpc) is 2.50. The van der Waals surface area contributed by atoms with E-state index in [0.29, 0.717) is 6.04 Å². The zero-order valence-electron chi connectivity index (χ0n) is 12.4. The molecule has 1 aliphatic rings. The minimum absolute atomic E-state index is 0.538. The largest absolute Gasteiger partial charge is 0.309 e. The third kappa shape index (κ3) is 4.12. The molecule has 1 saturated carbocycles. The maximum absolute atomic E-state index is 3.79. The van der Waals surface area contributed by atoms with Gasteiger partial charge in [0.05, 0.1) is 0 Å². The Labute approximate surface area is 132 Å². The third-order valence-electron chi connectivity index (χ3n) is 4.26. The molecule has 21 heavy (non-hydrogen) atoms. The highest BCUT2D eigenvalue weighted by Gasteiger charge is 2.27. The average molecular weight is 297 g/mol. The Balaban J connectivity index is 1.51. The molecule has 0 saturated heterocycles. The van der Waals surface area contributed by atoms with Crippen LogP contribution in [0.25, 0.3) is 0 Å². The van der Waals surface area contributed by atoms with Gasteiger partial charge in [0, 0.05) is 23.2 Å². The molecule has 0 heterocycles. The molecule has 2 aromatic rings. The molecular formula is C19H23NS. The van der Waals surface area contributed by atoms with E-state index in [9.17, 15) is 0 Å². The summed E-state index contributed by atoms with van der Waals surface area (Å²) in [6.45, 7) is 1.07. The van der Waals surface area contributed by atoms with Gasteiger partial charge in [-0.25, -0.2) is 0 Å². The molecule has 0 amide bonds. The van der Waals surface area contributed by atoms with Gasteiger partial charge in [-0.2, -0.15) is 0 Å². The summed E-state index contributed by atoms with van der Waals surface area (Å²) in [6, 6.07) is 22.1. The molecule has 2 aromatic carbocycles. The lowest BCUT2D eigenvalue weighted by atomic mass is 9.77. The number of benzene rings is 2. The Morgan fingerprint density at radius 2 is 1.62 bits per heavy atom. The number of hydrogen-bond acceptors (Lipinski definition) is 2. The summed E-state index contributed by atoms with van der Waals surface area (Å²) in [7, 11) is 0. The highest BCUT2D eigenvalue weighted by molar-refractivity contribution is 7.99. The fourth-order valence-electron chi connectivity index (χ4n) is 2.89. The second-order valence-electron chi connectivity index (χ2n) is 5.69. The van der Waals surface area contributed by atoms with Crippen LogP contribution >= 0.6 is 11.8 Å². The van der Waals surface area contributed by atoms with Crippen LogP contribution in [0.15, 0.2) is 65.6 Å². The van der Waals surface area contributed by atoms with Crippen molar-refractivity contribution in [1.82, 2.24) is 5.32 Å². The first-order chi connectivity index (χ1) is 10.4. The van der Waals surface area contributed by atoms with Crippen molar-refractivity contribution in [2.75, 3.05) is 12.3 Å². The maximum atomic E-state index is 3.79. The summed E-state index contributed by atoms with van der Waals surface area (Å²) >= 11 is 1.93. The molecule has 1 aliphatic carbocycles. The molecule has 0 aliphatic heterocycles. The van der Waals surface area contributed by atoms with Gasteiger partial charge >= 0.3 is 0 Å². The van der Waals surface area contributed by atoms with Crippen molar-refractivity contribution in [3.05, 3.63) is 66.2 Å². The van der Waals surface area contributed by atoms with Crippen LogP contribution in [0.4, 0.5) is 0 Å². The van der Waals surface area contributed by atoms with E-state index in [2.05, 4.69) is 66.0 Å². The van der Waals surface area contributed by atoms with Gasteiger partial charge in [-0.15, -0.1) is 11.8 Å². The quantitative estimate of drug-likeness (QED) is 0.575. The van der Waals surface area contributed by atoms with Crippen molar-refractivity contribution in [3.8, 4) is 0 Å². The zero-order chi connectivity index (χ0) is 14.3. The Hall–Kier alpha value is -1.25. The van der Waals surface area contributed by atoms with Gasteiger partial charge in [-0.3, -0.25) is 0 Å². The van der Waals surface area contributed by atoms with E-state index < -0.39 is 0 Å². The maximum Gasteiger partial charge on any atom is 0.0348 e. The van der Waals surface area contributed by atoms with Crippen molar-refractivity contribution in [2.24, 2.45) is 5.92 Å². The topological polar surface area (TPSA) is 12.0 Å². The summed E-state index contributed by atoms with van der Waals surface area (Å²) in [5.74, 6) is 1.95. The van der Waals surface area contributed by atoms with Crippen LogP contribution in [-0.2, 0) is 0 Å². The number of nitrogens with one attached hydrogen (secondary N) is 1. The van der Waals surface area contributed by atoms with E-state index in [1.165, 1.54) is 29.7 Å². The summed E-state index contributed by atoms with van der Waals surface area (Å²) in [5, 5.41) is 3.79. The van der Waals surface area contributed by atoms with Gasteiger partial charge in [0.25, 0.3) is 0 Å². The third-order valence-corrected chi connectivity index (χ3v) is 5.27. The number of hydrogen-bond donors (Lipinski definition) is 1. The van der Waals surface area contributed by atoms with Gasteiger partial charge in [0.1, 0.15) is 0 Å². The minimum Gasteiger partial charge on any atom is -0.309 e. The first-order valence-electron chi connectivity index (χ1n) is 7.89. The van der Waals surface area contributed by atoms with E-state index in [0.717, 1.165) is 18.2 Å². The molecule has 1 atom stereocenters. The molecule has 0 radical (unpaired) electrons. The minimum atomic E-state index is 0.538. The standard InChI is InChI=1S/C19H23NS/c1-3-8-16(9-4-1)19(17-10-7-11-17)20-14-15-21-18-12-5-2-6-13-18/h1-6,8-9,12-13,17,19-20H,7,10-11,14-15H2. The zero-order valence-corrected chi connectivity index (χ0v) is 13.2. The normalized spacial score (nSPS) is 16.4. The van der Waals surface area contributed by atoms with E-state index in [1.54, 1.807) is 0 Å². The van der Waals surface area contributed by atoms with Gasteiger partial charge in [0.15, 0.2) is 0 Å². The van der Waals surface area contributed by atoms with E-state index in [1.807, 2.05) is 11.8 Å². The fraction of sp³-hybridized carbons (Fsp3) is 0.368. The van der Waals surface area contributed by atoms with E-state index in [-0.39, 0.29) is 0 Å². The number of thioether (sulfide) groups is 1. The van der Waals surface area contributed by atoms with Crippen molar-refractivity contribution < 1.29 is 0 Å². The van der Waals surface area contributed by atoms with Gasteiger partial charge in [-0.05, 0) is 36.5 Å². The van der Waals surface area contributed by atoms with Crippen LogP contribution in [0.2, 0.25) is 0 Å². The van der Waals surface area contributed by atoms with Crippen molar-refractivity contribution in [1.29, 1.82) is 0 Å². The second-order valence-corrected chi connectivity index (χ2v) is 6.86. The van der Waals surface area contributed by atoms with Crippen LogP contribution in [-0.4, -0.2) is 12.3 Å². The van der Waals surface area contributed by atoms with Crippen LogP contribution in [0, 0.1) is 5.92 Å². The molecule has 1 N–H and O–H groups in total. The Kier molecular flexibility index (Phi) is 5.36. The Morgan fingerprint density at radius 3 is 2.24 bits per heavy atom. The molecular weight excluding hydrogens is 274 g/mol. The first kappa shape index (κ1) is 14.7. The second kappa shape index (κ2) is 7.67. The van der Waals surface area contributed by atoms with Gasteiger partial charge in [-0.1, -0.05) is 55.0 Å². The Morgan fingerprint density at radius 1 is 0.952 bits per heavy atom. The lowest BCUT2D eigenvalue weighted by Crippen LogP contribution is -2.33. The molecule has 0 aromatic heterocycles. The predicted octanol–water partition coefficient (Wildman–Crippen LogP) is 4.91. The van der Waals surface area contributed by atoms with Crippen LogP contribution in [0.1, 0.15) is 30.9 Å². The van der Waals surface area contributed by atoms with Crippen LogP contribution in [0.5, 0.6) is 0 Å². The SMILES string of the molecule is c1ccc(SCCNC(c2ccccc2)C2CCC2)cc1. The summed E-state index contributed by atoms with van der Waals surface area (Å²) in [4.78, 5) is 1.36. The first-order valence-corrected chi connectivity index (χ1v) is 8.88. The van der Waals surface area contributed by atoms with Crippen molar-refractivity contribution in [3.63, 3.8) is 0 Å². The predicted molar refractivity (Wildman–Crippen MR) is 91.7 cm³/mol. The molecule has 2 heteroatoms. The van der Waals surface area contributed by atoms with Gasteiger partial charge < -0.3 is 5.32 Å². The lowest BCUT2D eigenvalue weighted by molar-refractivity contribution is 0.233. The smallest absolute Gasteiger partial charge is 0.0348 e. The molecule has 0 spiro atoms. The van der Waals surface area contributed by atoms with Crippen molar-refractivity contribution in [2.45, 2.75) is 30.2 Å². The van der Waals surface area contributed by atoms with Crippen molar-refractivity contribution >= 4 is 11.8 Å². The van der Waals surface area contributed by atoms with Crippen LogP contribution in [0.3, 0.4) is 0 Å². The molecule has 1 fully saturated rings. The summed E-state index contributed by atoms with van der Waals surface area (Å²) < 4.78 is 0. The number of rotatable bonds is 7. The van der Waals surface area contributed by atoms with Gasteiger partial charge in [0.2, 0.25) is 0 Å². The highest BCUT2D eigenvalue weighted by atomic mass is 32.2.